The Balaban J connectivity index is 1.68. The van der Waals surface area contributed by atoms with Crippen LogP contribution in [0, 0.1) is 34.5 Å². The van der Waals surface area contributed by atoms with Gasteiger partial charge >= 0.3 is 0 Å². The van der Waals surface area contributed by atoms with Crippen molar-refractivity contribution in [1.82, 2.24) is 0 Å². The predicted molar refractivity (Wildman–Crippen MR) is 131 cm³/mol. The first kappa shape index (κ1) is 27.2. The van der Waals surface area contributed by atoms with E-state index in [1.54, 1.807) is 19.9 Å². The largest absolute Gasteiger partial charge is 0.390 e. The zero-order valence-corrected chi connectivity index (χ0v) is 22.2. The van der Waals surface area contributed by atoms with Crippen LogP contribution < -0.4 is 0 Å². The van der Waals surface area contributed by atoms with Gasteiger partial charge in [0, 0.05) is 17.8 Å². The molecule has 0 aliphatic heterocycles. The van der Waals surface area contributed by atoms with Gasteiger partial charge in [-0.25, -0.2) is 0 Å². The Morgan fingerprint density at radius 1 is 1.06 bits per heavy atom. The molecule has 4 rings (SSSR count). The highest BCUT2D eigenvalue weighted by Gasteiger charge is 2.69. The molecule has 3 fully saturated rings. The monoisotopic (exact) mass is 494 g/mol. The molecule has 0 amide bonds. The van der Waals surface area contributed by atoms with Gasteiger partial charge in [-0.15, -0.1) is 0 Å². The van der Waals surface area contributed by atoms with Crippen LogP contribution in [0.1, 0.15) is 86.5 Å². The van der Waals surface area contributed by atoms with E-state index < -0.39 is 51.9 Å². The highest BCUT2D eigenvalue weighted by molar-refractivity contribution is 5.95. The number of ketones is 1. The van der Waals surface area contributed by atoms with Gasteiger partial charge in [0.25, 0.3) is 0 Å². The van der Waals surface area contributed by atoms with Gasteiger partial charge in [0.05, 0.1) is 35.1 Å². The molecule has 7 nitrogen and oxygen atoms in total. The number of aliphatic hydroxyl groups is 6. The first-order chi connectivity index (χ1) is 15.9. The second-order valence-corrected chi connectivity index (χ2v) is 13.6. The van der Waals surface area contributed by atoms with Crippen LogP contribution >= 0.6 is 0 Å². The van der Waals surface area contributed by atoms with Crippen LogP contribution in [-0.2, 0) is 4.79 Å². The maximum atomic E-state index is 13.3. The van der Waals surface area contributed by atoms with Crippen molar-refractivity contribution in [3.63, 3.8) is 0 Å². The lowest BCUT2D eigenvalue weighted by Gasteiger charge is -2.60. The molecular weight excluding hydrogens is 448 g/mol. The Labute approximate surface area is 209 Å². The first-order valence-corrected chi connectivity index (χ1v) is 13.4. The third kappa shape index (κ3) is 3.79. The Bertz CT molecular complexity index is 894. The van der Waals surface area contributed by atoms with Gasteiger partial charge in [0.15, 0.2) is 5.78 Å². The minimum Gasteiger partial charge on any atom is -0.390 e. The molecule has 11 atom stereocenters. The quantitative estimate of drug-likeness (QED) is 0.344. The lowest BCUT2D eigenvalue weighted by molar-refractivity contribution is -0.184. The fourth-order valence-electron chi connectivity index (χ4n) is 8.37. The molecule has 0 heterocycles. The number of rotatable bonds is 5. The summed E-state index contributed by atoms with van der Waals surface area (Å²) in [4.78, 5) is 13.3. The number of aliphatic hydroxyl groups excluding tert-OH is 3. The van der Waals surface area contributed by atoms with Crippen LogP contribution in [0.25, 0.3) is 0 Å². The van der Waals surface area contributed by atoms with Crippen molar-refractivity contribution in [2.45, 2.75) is 122 Å². The fraction of sp³-hybridized carbons (Fsp3) is 0.893. The maximum absolute atomic E-state index is 13.3. The van der Waals surface area contributed by atoms with E-state index in [0.29, 0.717) is 37.7 Å². The molecule has 6 N–H and O–H groups in total. The second kappa shape index (κ2) is 8.34. The number of hydrogen-bond acceptors (Lipinski definition) is 7. The first-order valence-electron chi connectivity index (χ1n) is 13.4. The summed E-state index contributed by atoms with van der Waals surface area (Å²) in [6.07, 6.45) is 1.32. The zero-order valence-electron chi connectivity index (χ0n) is 22.2. The molecule has 4 aliphatic rings. The van der Waals surface area contributed by atoms with Gasteiger partial charge in [-0.2, -0.15) is 0 Å². The molecule has 11 unspecified atom stereocenters. The van der Waals surface area contributed by atoms with E-state index in [0.717, 1.165) is 0 Å². The van der Waals surface area contributed by atoms with Crippen molar-refractivity contribution in [3.8, 4) is 0 Å². The number of hydrogen-bond donors (Lipinski definition) is 6. The zero-order chi connectivity index (χ0) is 26.4. The summed E-state index contributed by atoms with van der Waals surface area (Å²) in [5, 5.41) is 66.6. The number of carbonyl (C=O) groups is 1. The number of fused-ring (bicyclic) bond motifs is 5. The van der Waals surface area contributed by atoms with Gasteiger partial charge in [-0.3, -0.25) is 4.79 Å². The third-order valence-electron chi connectivity index (χ3n) is 11.3. The number of allylic oxidation sites excluding steroid dienone is 1. The van der Waals surface area contributed by atoms with Gasteiger partial charge in [0.1, 0.15) is 0 Å². The predicted octanol–water partition coefficient (Wildman–Crippen LogP) is 2.10. The summed E-state index contributed by atoms with van der Waals surface area (Å²) < 4.78 is 0. The van der Waals surface area contributed by atoms with E-state index in [9.17, 15) is 35.4 Å². The van der Waals surface area contributed by atoms with Gasteiger partial charge in [-0.1, -0.05) is 27.7 Å². The average molecular weight is 495 g/mol. The van der Waals surface area contributed by atoms with Crippen molar-refractivity contribution in [2.75, 3.05) is 0 Å². The Morgan fingerprint density at radius 2 is 1.69 bits per heavy atom. The molecule has 0 aromatic carbocycles. The van der Waals surface area contributed by atoms with Crippen LogP contribution in [0.15, 0.2) is 11.6 Å². The highest BCUT2D eigenvalue weighted by Crippen LogP contribution is 2.68. The van der Waals surface area contributed by atoms with E-state index in [-0.39, 0.29) is 36.4 Å². The Kier molecular flexibility index (Phi) is 6.48. The highest BCUT2D eigenvalue weighted by atomic mass is 16.3. The van der Waals surface area contributed by atoms with Crippen LogP contribution in [0.5, 0.6) is 0 Å². The Hall–Kier alpha value is -0.830. The molecule has 35 heavy (non-hydrogen) atoms. The van der Waals surface area contributed by atoms with Crippen molar-refractivity contribution in [1.29, 1.82) is 0 Å². The average Bonchev–Trinajstić information content (AvgIpc) is 3.02. The van der Waals surface area contributed by atoms with E-state index in [1.165, 1.54) is 0 Å². The molecule has 0 radical (unpaired) electrons. The van der Waals surface area contributed by atoms with Crippen LogP contribution in [0.4, 0.5) is 0 Å². The van der Waals surface area contributed by atoms with Crippen molar-refractivity contribution >= 4 is 5.78 Å². The summed E-state index contributed by atoms with van der Waals surface area (Å²) in [6, 6.07) is 0. The molecule has 0 bridgehead atoms. The molecule has 3 saturated carbocycles. The Morgan fingerprint density at radius 3 is 2.29 bits per heavy atom. The van der Waals surface area contributed by atoms with Crippen molar-refractivity contribution in [3.05, 3.63) is 11.6 Å². The van der Waals surface area contributed by atoms with E-state index in [4.69, 9.17) is 0 Å². The molecule has 0 spiro atoms. The lowest BCUT2D eigenvalue weighted by Crippen LogP contribution is -2.63. The number of carbonyl (C=O) groups excluding carboxylic acids is 1. The van der Waals surface area contributed by atoms with Crippen LogP contribution in [0.3, 0.4) is 0 Å². The van der Waals surface area contributed by atoms with E-state index in [1.807, 2.05) is 27.7 Å². The second-order valence-electron chi connectivity index (χ2n) is 13.6. The minimum absolute atomic E-state index is 0.0203. The summed E-state index contributed by atoms with van der Waals surface area (Å²) in [6.45, 7) is 11.0. The molecule has 0 saturated heterocycles. The molecule has 0 aromatic rings. The lowest BCUT2D eigenvalue weighted by atomic mass is 9.45. The smallest absolute Gasteiger partial charge is 0.159 e. The molecule has 7 heteroatoms. The molecule has 4 aliphatic carbocycles. The molecule has 200 valence electrons. The maximum Gasteiger partial charge on any atom is 0.159 e. The van der Waals surface area contributed by atoms with Gasteiger partial charge in [-0.05, 0) is 87.2 Å². The fourth-order valence-corrected chi connectivity index (χ4v) is 8.37. The SMILES string of the molecule is CC(C)C(C)(O)CC(O)C(C)(O)C1CCC2(O)C3=CC(=O)C4CC(O)C(O)CC4(C)C3CCC12C. The summed E-state index contributed by atoms with van der Waals surface area (Å²) >= 11 is 0. The molecule has 0 aromatic heterocycles. The third-order valence-corrected chi connectivity index (χ3v) is 11.3. The standard InChI is InChI=1S/C28H46O7/c1-15(2)26(5,33)14-23(32)27(6,34)22-8-10-28(35)17-11-19(29)18-12-20(30)21(31)13-24(18,3)16(17)7-9-25(22,28)4/h11,15-16,18,20-23,30-35H,7-10,12-14H2,1-6H3. The molecular formula is C28H46O7. The summed E-state index contributed by atoms with van der Waals surface area (Å²) in [5.41, 5.74) is -4.62. The van der Waals surface area contributed by atoms with Crippen LogP contribution in [0.2, 0.25) is 0 Å². The van der Waals surface area contributed by atoms with Crippen LogP contribution in [-0.4, -0.2) is 71.5 Å². The van der Waals surface area contributed by atoms with E-state index in [2.05, 4.69) is 0 Å². The normalized spacial score (nSPS) is 47.7. The minimum atomic E-state index is -1.54. The topological polar surface area (TPSA) is 138 Å². The van der Waals surface area contributed by atoms with Gasteiger partial charge in [0.2, 0.25) is 0 Å². The van der Waals surface area contributed by atoms with Crippen molar-refractivity contribution in [2.24, 2.45) is 34.5 Å². The summed E-state index contributed by atoms with van der Waals surface area (Å²) in [7, 11) is 0. The van der Waals surface area contributed by atoms with E-state index >= 15 is 0 Å². The van der Waals surface area contributed by atoms with Crippen molar-refractivity contribution < 1.29 is 35.4 Å². The summed E-state index contributed by atoms with van der Waals surface area (Å²) in [5.74, 6) is -1.12. The van der Waals surface area contributed by atoms with Gasteiger partial charge < -0.3 is 30.6 Å².